The van der Waals surface area contributed by atoms with Gasteiger partial charge in [-0.1, -0.05) is 18.2 Å². The van der Waals surface area contributed by atoms with Gasteiger partial charge in [0.25, 0.3) is 0 Å². The summed E-state index contributed by atoms with van der Waals surface area (Å²) in [5.41, 5.74) is 0.802. The SMILES string of the molecule is C[C@H](C[S@](C)=O)NC(=O)N[C@@H](C)c1cc2ccccc2o1. The Morgan fingerprint density at radius 2 is 2.00 bits per heavy atom. The molecule has 0 aliphatic heterocycles. The van der Waals surface area contributed by atoms with Crippen LogP contribution in [0.4, 0.5) is 4.79 Å². The second kappa shape index (κ2) is 6.76. The van der Waals surface area contributed by atoms with Gasteiger partial charge in [-0.25, -0.2) is 4.79 Å². The lowest BCUT2D eigenvalue weighted by molar-refractivity contribution is 0.234. The molecule has 2 amide bonds. The fourth-order valence-corrected chi connectivity index (χ4v) is 2.93. The largest absolute Gasteiger partial charge is 0.459 e. The van der Waals surface area contributed by atoms with E-state index in [9.17, 15) is 9.00 Å². The van der Waals surface area contributed by atoms with Crippen molar-refractivity contribution >= 4 is 27.8 Å². The van der Waals surface area contributed by atoms with E-state index in [1.165, 1.54) is 0 Å². The van der Waals surface area contributed by atoms with Gasteiger partial charge in [-0.15, -0.1) is 0 Å². The molecule has 0 saturated heterocycles. The highest BCUT2D eigenvalue weighted by molar-refractivity contribution is 7.84. The number of hydrogen-bond donors (Lipinski definition) is 2. The molecule has 1 heterocycles. The molecule has 2 rings (SSSR count). The second-order valence-electron chi connectivity index (χ2n) is 5.17. The standard InChI is InChI=1S/C15H20N2O3S/c1-10(9-21(3)19)16-15(18)17-11(2)14-8-12-6-4-5-7-13(12)20-14/h4-8,10-11H,9H2,1-3H3,(H2,16,17,18)/t10-,11+,21+/m1/s1. The molecule has 0 aliphatic carbocycles. The van der Waals surface area contributed by atoms with E-state index in [1.54, 1.807) is 6.26 Å². The molecule has 114 valence electrons. The molecule has 21 heavy (non-hydrogen) atoms. The van der Waals surface area contributed by atoms with Crippen molar-refractivity contribution in [3.8, 4) is 0 Å². The van der Waals surface area contributed by atoms with Crippen LogP contribution in [0.2, 0.25) is 0 Å². The number of rotatable bonds is 5. The third-order valence-electron chi connectivity index (χ3n) is 3.08. The van der Waals surface area contributed by atoms with Crippen LogP contribution in [0.25, 0.3) is 11.0 Å². The first-order valence-corrected chi connectivity index (χ1v) is 8.54. The van der Waals surface area contributed by atoms with Crippen LogP contribution in [0, 0.1) is 0 Å². The van der Waals surface area contributed by atoms with Gasteiger partial charge in [0, 0.05) is 34.2 Å². The zero-order valence-electron chi connectivity index (χ0n) is 12.4. The molecule has 2 aromatic rings. The molecule has 0 unspecified atom stereocenters. The summed E-state index contributed by atoms with van der Waals surface area (Å²) >= 11 is 0. The van der Waals surface area contributed by atoms with E-state index in [4.69, 9.17) is 4.42 Å². The monoisotopic (exact) mass is 308 g/mol. The lowest BCUT2D eigenvalue weighted by atomic mass is 10.2. The number of urea groups is 1. The van der Waals surface area contributed by atoms with E-state index in [0.717, 1.165) is 11.0 Å². The van der Waals surface area contributed by atoms with Crippen LogP contribution >= 0.6 is 0 Å². The van der Waals surface area contributed by atoms with Gasteiger partial charge in [-0.05, 0) is 26.0 Å². The molecule has 0 radical (unpaired) electrons. The Morgan fingerprint density at radius 1 is 1.29 bits per heavy atom. The fraction of sp³-hybridized carbons (Fsp3) is 0.400. The predicted molar refractivity (Wildman–Crippen MR) is 84.7 cm³/mol. The van der Waals surface area contributed by atoms with Crippen molar-refractivity contribution in [3.63, 3.8) is 0 Å². The van der Waals surface area contributed by atoms with Gasteiger partial charge in [0.1, 0.15) is 11.3 Å². The van der Waals surface area contributed by atoms with Gasteiger partial charge in [-0.3, -0.25) is 4.21 Å². The highest BCUT2D eigenvalue weighted by Crippen LogP contribution is 2.23. The van der Waals surface area contributed by atoms with Crippen LogP contribution in [0.5, 0.6) is 0 Å². The highest BCUT2D eigenvalue weighted by Gasteiger charge is 2.15. The lowest BCUT2D eigenvalue weighted by Crippen LogP contribution is -2.43. The summed E-state index contributed by atoms with van der Waals surface area (Å²) in [6.07, 6.45) is 1.62. The molecule has 1 aromatic heterocycles. The van der Waals surface area contributed by atoms with Gasteiger partial charge in [0.2, 0.25) is 0 Å². The summed E-state index contributed by atoms with van der Waals surface area (Å²) in [5.74, 6) is 1.14. The van der Waals surface area contributed by atoms with Gasteiger partial charge >= 0.3 is 6.03 Å². The molecule has 0 bridgehead atoms. The smallest absolute Gasteiger partial charge is 0.315 e. The van der Waals surface area contributed by atoms with Gasteiger partial charge in [0.05, 0.1) is 6.04 Å². The maximum absolute atomic E-state index is 11.9. The third kappa shape index (κ3) is 4.32. The Morgan fingerprint density at radius 3 is 2.67 bits per heavy atom. The Hall–Kier alpha value is -1.82. The van der Waals surface area contributed by atoms with Gasteiger partial charge in [-0.2, -0.15) is 0 Å². The number of hydrogen-bond acceptors (Lipinski definition) is 3. The molecular formula is C15H20N2O3S. The van der Waals surface area contributed by atoms with Crippen LogP contribution in [0.1, 0.15) is 25.6 Å². The van der Waals surface area contributed by atoms with Crippen LogP contribution in [0.3, 0.4) is 0 Å². The number of carbonyl (C=O) groups excluding carboxylic acids is 1. The summed E-state index contributed by atoms with van der Waals surface area (Å²) in [6.45, 7) is 3.69. The van der Waals surface area contributed by atoms with Crippen molar-refractivity contribution in [3.05, 3.63) is 36.1 Å². The fourth-order valence-electron chi connectivity index (χ4n) is 2.14. The van der Waals surface area contributed by atoms with Gasteiger partial charge < -0.3 is 15.1 Å². The Balaban J connectivity index is 1.95. The van der Waals surface area contributed by atoms with Crippen LogP contribution in [-0.2, 0) is 10.8 Å². The number of amides is 2. The van der Waals surface area contributed by atoms with Crippen molar-refractivity contribution < 1.29 is 13.4 Å². The maximum atomic E-state index is 11.9. The Kier molecular flexibility index (Phi) is 5.01. The van der Waals surface area contributed by atoms with Crippen molar-refractivity contribution in [1.29, 1.82) is 0 Å². The first-order chi connectivity index (χ1) is 9.95. The normalized spacial score (nSPS) is 15.4. The second-order valence-corrected chi connectivity index (χ2v) is 6.65. The molecule has 5 nitrogen and oxygen atoms in total. The summed E-state index contributed by atoms with van der Waals surface area (Å²) in [7, 11) is -0.932. The minimum Gasteiger partial charge on any atom is -0.459 e. The van der Waals surface area contributed by atoms with Crippen LogP contribution in [-0.4, -0.2) is 28.3 Å². The third-order valence-corrected chi connectivity index (χ3v) is 4.05. The molecule has 0 saturated carbocycles. The first-order valence-electron chi connectivity index (χ1n) is 6.81. The topological polar surface area (TPSA) is 71.3 Å². The van der Waals surface area contributed by atoms with Crippen molar-refractivity contribution in [2.75, 3.05) is 12.0 Å². The average molecular weight is 308 g/mol. The van der Waals surface area contributed by atoms with Crippen LogP contribution < -0.4 is 10.6 Å². The average Bonchev–Trinajstić information content (AvgIpc) is 2.80. The summed E-state index contributed by atoms with van der Waals surface area (Å²) in [6, 6.07) is 8.96. The predicted octanol–water partition coefficient (Wildman–Crippen LogP) is 2.56. The van der Waals surface area contributed by atoms with Crippen molar-refractivity contribution in [1.82, 2.24) is 10.6 Å². The quantitative estimate of drug-likeness (QED) is 0.891. The number of carbonyl (C=O) groups is 1. The summed E-state index contributed by atoms with van der Waals surface area (Å²) in [4.78, 5) is 11.9. The molecule has 0 fully saturated rings. The maximum Gasteiger partial charge on any atom is 0.315 e. The van der Waals surface area contributed by atoms with E-state index in [0.29, 0.717) is 11.5 Å². The number of benzene rings is 1. The summed E-state index contributed by atoms with van der Waals surface area (Å²) < 4.78 is 16.8. The molecule has 0 spiro atoms. The number of para-hydroxylation sites is 1. The zero-order chi connectivity index (χ0) is 15.4. The minimum absolute atomic E-state index is 0.140. The van der Waals surface area contributed by atoms with E-state index in [1.807, 2.05) is 44.2 Å². The van der Waals surface area contributed by atoms with E-state index < -0.39 is 10.8 Å². The minimum atomic E-state index is -0.932. The Bertz CT molecular complexity index is 620. The zero-order valence-corrected chi connectivity index (χ0v) is 13.2. The molecule has 6 heteroatoms. The molecule has 1 aromatic carbocycles. The van der Waals surface area contributed by atoms with E-state index in [-0.39, 0.29) is 18.1 Å². The first kappa shape index (κ1) is 15.6. The number of furan rings is 1. The molecule has 3 atom stereocenters. The summed E-state index contributed by atoms with van der Waals surface area (Å²) in [5, 5.41) is 6.59. The Labute approximate surface area is 126 Å². The van der Waals surface area contributed by atoms with E-state index >= 15 is 0 Å². The number of nitrogens with one attached hydrogen (secondary N) is 2. The highest BCUT2D eigenvalue weighted by atomic mass is 32.2. The van der Waals surface area contributed by atoms with Gasteiger partial charge in [0.15, 0.2) is 0 Å². The van der Waals surface area contributed by atoms with Crippen molar-refractivity contribution in [2.24, 2.45) is 0 Å². The molecule has 2 N–H and O–H groups in total. The van der Waals surface area contributed by atoms with Crippen LogP contribution in [0.15, 0.2) is 34.7 Å². The molecular weight excluding hydrogens is 288 g/mol. The van der Waals surface area contributed by atoms with E-state index in [2.05, 4.69) is 10.6 Å². The van der Waals surface area contributed by atoms with Crippen molar-refractivity contribution in [2.45, 2.75) is 25.9 Å². The molecule has 0 aliphatic rings. The lowest BCUT2D eigenvalue weighted by Gasteiger charge is -2.16. The number of fused-ring (bicyclic) bond motifs is 1.